The maximum atomic E-state index is 11.9. The van der Waals surface area contributed by atoms with Crippen molar-refractivity contribution in [3.05, 3.63) is 0 Å². The fourth-order valence-electron chi connectivity index (χ4n) is 4.01. The lowest BCUT2D eigenvalue weighted by molar-refractivity contribution is -0.163. The largest absolute Gasteiger partial charge is 0.481 e. The van der Waals surface area contributed by atoms with Gasteiger partial charge in [0.2, 0.25) is 0 Å². The third kappa shape index (κ3) is 1.86. The van der Waals surface area contributed by atoms with Crippen molar-refractivity contribution >= 4 is 5.97 Å². The molecule has 2 saturated heterocycles. The molecular weight excluding hydrogens is 232 g/mol. The Kier molecular flexibility index (Phi) is 3.02. The van der Waals surface area contributed by atoms with E-state index < -0.39 is 17.0 Å². The Hall–Kier alpha value is -0.610. The highest BCUT2D eigenvalue weighted by atomic mass is 16.5. The van der Waals surface area contributed by atoms with Crippen molar-refractivity contribution in [2.24, 2.45) is 11.3 Å². The summed E-state index contributed by atoms with van der Waals surface area (Å²) in [5.74, 6) is -0.762. The predicted octanol–water partition coefficient (Wildman–Crippen LogP) is 2.46. The summed E-state index contributed by atoms with van der Waals surface area (Å²) in [5.41, 5.74) is -1.50. The van der Waals surface area contributed by atoms with Crippen LogP contribution in [0.5, 0.6) is 0 Å². The van der Waals surface area contributed by atoms with Gasteiger partial charge in [0.05, 0.1) is 17.3 Å². The summed E-state index contributed by atoms with van der Waals surface area (Å²) in [6.07, 6.45) is 1.09. The molecule has 104 valence electrons. The number of hydrogen-bond donors (Lipinski definition) is 1. The highest BCUT2D eigenvalue weighted by molar-refractivity contribution is 5.76. The minimum atomic E-state index is -0.808. The highest BCUT2D eigenvalue weighted by Crippen LogP contribution is 2.55. The predicted molar refractivity (Wildman–Crippen MR) is 67.4 cm³/mol. The topological polar surface area (TPSA) is 55.8 Å². The van der Waals surface area contributed by atoms with Crippen molar-refractivity contribution in [1.82, 2.24) is 0 Å². The van der Waals surface area contributed by atoms with Gasteiger partial charge in [-0.25, -0.2) is 0 Å². The van der Waals surface area contributed by atoms with Gasteiger partial charge in [-0.2, -0.15) is 0 Å². The van der Waals surface area contributed by atoms with Gasteiger partial charge in [0.1, 0.15) is 5.41 Å². The summed E-state index contributed by atoms with van der Waals surface area (Å²) >= 11 is 0. The van der Waals surface area contributed by atoms with Gasteiger partial charge < -0.3 is 14.6 Å². The number of rotatable bonds is 2. The Labute approximate surface area is 109 Å². The number of hydrogen-bond acceptors (Lipinski definition) is 3. The molecule has 0 aromatic rings. The van der Waals surface area contributed by atoms with Gasteiger partial charge in [-0.3, -0.25) is 4.79 Å². The van der Waals surface area contributed by atoms with Crippen LogP contribution in [0, 0.1) is 11.3 Å². The summed E-state index contributed by atoms with van der Waals surface area (Å²) < 4.78 is 11.6. The van der Waals surface area contributed by atoms with Crippen LogP contribution in [0.4, 0.5) is 0 Å². The Morgan fingerprint density at radius 3 is 2.22 bits per heavy atom. The molecule has 4 heteroatoms. The fraction of sp³-hybridized carbons (Fsp3) is 0.929. The Morgan fingerprint density at radius 2 is 1.89 bits per heavy atom. The van der Waals surface area contributed by atoms with E-state index in [4.69, 9.17) is 9.47 Å². The van der Waals surface area contributed by atoms with Gasteiger partial charge >= 0.3 is 5.97 Å². The molecular formula is C14H24O4. The van der Waals surface area contributed by atoms with Crippen LogP contribution >= 0.6 is 0 Å². The van der Waals surface area contributed by atoms with E-state index in [1.165, 1.54) is 0 Å². The number of carbonyl (C=O) groups is 1. The van der Waals surface area contributed by atoms with Crippen molar-refractivity contribution in [3.63, 3.8) is 0 Å². The van der Waals surface area contributed by atoms with Crippen LogP contribution in [-0.4, -0.2) is 35.0 Å². The molecule has 0 radical (unpaired) electrons. The first-order valence-electron chi connectivity index (χ1n) is 6.67. The van der Waals surface area contributed by atoms with Gasteiger partial charge in [0.15, 0.2) is 0 Å². The van der Waals surface area contributed by atoms with E-state index in [1.54, 1.807) is 0 Å². The van der Waals surface area contributed by atoms with Gasteiger partial charge in [0.25, 0.3) is 0 Å². The molecule has 3 unspecified atom stereocenters. The zero-order valence-corrected chi connectivity index (χ0v) is 11.9. The first-order valence-corrected chi connectivity index (χ1v) is 6.67. The molecule has 1 N–H and O–H groups in total. The number of carboxylic acid groups (broad SMARTS) is 1. The number of aliphatic carboxylic acids is 1. The van der Waals surface area contributed by atoms with Gasteiger partial charge in [-0.1, -0.05) is 0 Å². The number of carboxylic acids is 1. The smallest absolute Gasteiger partial charge is 0.312 e. The monoisotopic (exact) mass is 256 g/mol. The van der Waals surface area contributed by atoms with Crippen LogP contribution in [-0.2, 0) is 14.3 Å². The van der Waals surface area contributed by atoms with Crippen LogP contribution in [0.15, 0.2) is 0 Å². The lowest BCUT2D eigenvalue weighted by Crippen LogP contribution is -2.50. The first kappa shape index (κ1) is 13.8. The second-order valence-electron chi connectivity index (χ2n) is 6.83. The fourth-order valence-corrected chi connectivity index (χ4v) is 4.01. The Morgan fingerprint density at radius 1 is 1.28 bits per heavy atom. The van der Waals surface area contributed by atoms with Crippen LogP contribution in [0.2, 0.25) is 0 Å². The highest BCUT2D eigenvalue weighted by Gasteiger charge is 2.62. The SMILES string of the molecule is CC1OCCC1(C(=O)O)C1CC(C)(C)OC1(C)C. The summed E-state index contributed by atoms with van der Waals surface area (Å²) in [5, 5.41) is 9.76. The molecule has 0 spiro atoms. The molecule has 0 aromatic heterocycles. The van der Waals surface area contributed by atoms with Gasteiger partial charge in [-0.15, -0.1) is 0 Å². The van der Waals surface area contributed by atoms with Crippen LogP contribution in [0.25, 0.3) is 0 Å². The van der Waals surface area contributed by atoms with E-state index in [0.29, 0.717) is 13.0 Å². The van der Waals surface area contributed by atoms with Gasteiger partial charge in [0, 0.05) is 12.5 Å². The van der Waals surface area contributed by atoms with Crippen LogP contribution < -0.4 is 0 Å². The van der Waals surface area contributed by atoms with Crippen molar-refractivity contribution in [2.45, 2.75) is 64.8 Å². The average molecular weight is 256 g/mol. The Bertz CT molecular complexity index is 361. The second-order valence-corrected chi connectivity index (χ2v) is 6.83. The Balaban J connectivity index is 2.42. The van der Waals surface area contributed by atoms with Crippen LogP contribution in [0.1, 0.15) is 47.5 Å². The first-order chi connectivity index (χ1) is 8.12. The summed E-state index contributed by atoms with van der Waals surface area (Å²) in [6, 6.07) is 0. The maximum absolute atomic E-state index is 11.9. The quantitative estimate of drug-likeness (QED) is 0.824. The molecule has 2 heterocycles. The molecule has 0 bridgehead atoms. The van der Waals surface area contributed by atoms with E-state index in [1.807, 2.05) is 34.6 Å². The van der Waals surface area contributed by atoms with E-state index >= 15 is 0 Å². The average Bonchev–Trinajstić information content (AvgIpc) is 2.64. The molecule has 3 atom stereocenters. The molecule has 2 fully saturated rings. The van der Waals surface area contributed by atoms with E-state index in [0.717, 1.165) is 6.42 Å². The molecule has 0 saturated carbocycles. The summed E-state index contributed by atoms with van der Waals surface area (Å²) in [6.45, 7) is 10.5. The minimum absolute atomic E-state index is 0.0185. The van der Waals surface area contributed by atoms with E-state index in [9.17, 15) is 9.90 Å². The number of ether oxygens (including phenoxy) is 2. The zero-order chi connectivity index (χ0) is 13.8. The molecule has 2 aliphatic rings. The van der Waals surface area contributed by atoms with E-state index in [-0.39, 0.29) is 17.6 Å². The summed E-state index contributed by atoms with van der Waals surface area (Å²) in [4.78, 5) is 11.9. The standard InChI is InChI=1S/C14H24O4/c1-9-14(11(15)16,6-7-17-9)10-8-12(2,3)18-13(10,4)5/h9-10H,6-8H2,1-5H3,(H,15,16). The third-order valence-electron chi connectivity index (χ3n) is 4.70. The van der Waals surface area contributed by atoms with Crippen molar-refractivity contribution < 1.29 is 19.4 Å². The third-order valence-corrected chi connectivity index (χ3v) is 4.70. The molecule has 2 rings (SSSR count). The molecule has 0 aliphatic carbocycles. The lowest BCUT2D eigenvalue weighted by Gasteiger charge is -2.40. The molecule has 2 aliphatic heterocycles. The molecule has 18 heavy (non-hydrogen) atoms. The minimum Gasteiger partial charge on any atom is -0.481 e. The van der Waals surface area contributed by atoms with Gasteiger partial charge in [-0.05, 0) is 47.5 Å². The molecule has 4 nitrogen and oxygen atoms in total. The maximum Gasteiger partial charge on any atom is 0.312 e. The van der Waals surface area contributed by atoms with Crippen molar-refractivity contribution in [3.8, 4) is 0 Å². The molecule has 0 amide bonds. The normalized spacial score (nSPS) is 42.1. The van der Waals surface area contributed by atoms with Crippen molar-refractivity contribution in [1.29, 1.82) is 0 Å². The lowest BCUT2D eigenvalue weighted by atomic mass is 9.63. The summed E-state index contributed by atoms with van der Waals surface area (Å²) in [7, 11) is 0. The molecule has 0 aromatic carbocycles. The van der Waals surface area contributed by atoms with Crippen molar-refractivity contribution in [2.75, 3.05) is 6.61 Å². The second kappa shape index (κ2) is 3.94. The van der Waals surface area contributed by atoms with Crippen LogP contribution in [0.3, 0.4) is 0 Å². The van der Waals surface area contributed by atoms with E-state index in [2.05, 4.69) is 0 Å². The zero-order valence-electron chi connectivity index (χ0n) is 11.9.